The van der Waals surface area contributed by atoms with Crippen molar-refractivity contribution < 1.29 is 0 Å². The van der Waals surface area contributed by atoms with Crippen LogP contribution in [-0.4, -0.2) is 14.5 Å². The van der Waals surface area contributed by atoms with Gasteiger partial charge >= 0.3 is 0 Å². The Morgan fingerprint density at radius 1 is 1.31 bits per heavy atom. The highest BCUT2D eigenvalue weighted by molar-refractivity contribution is 5.32. The summed E-state index contributed by atoms with van der Waals surface area (Å²) < 4.78 is 1.97. The summed E-state index contributed by atoms with van der Waals surface area (Å²) in [4.78, 5) is 8.62. The Hall–Kier alpha value is -1.68. The summed E-state index contributed by atoms with van der Waals surface area (Å²) in [5.74, 6) is 0. The van der Waals surface area contributed by atoms with Gasteiger partial charge in [-0.1, -0.05) is 0 Å². The van der Waals surface area contributed by atoms with E-state index in [-0.39, 0.29) is 5.54 Å². The molecule has 0 aliphatic heterocycles. The second kappa shape index (κ2) is 3.15. The first kappa shape index (κ1) is 9.54. The van der Waals surface area contributed by atoms with Crippen molar-refractivity contribution in [2.75, 3.05) is 0 Å². The van der Waals surface area contributed by atoms with E-state index in [1.807, 2.05) is 36.0 Å². The van der Waals surface area contributed by atoms with Gasteiger partial charge in [-0.05, 0) is 31.9 Å². The number of pyridine rings is 1. The minimum Gasteiger partial charge on any atom is -0.320 e. The third kappa shape index (κ3) is 1.51. The van der Waals surface area contributed by atoms with Crippen LogP contribution in [0.2, 0.25) is 0 Å². The van der Waals surface area contributed by atoms with E-state index in [1.165, 1.54) is 0 Å². The zero-order valence-electron chi connectivity index (χ0n) is 9.22. The minimum atomic E-state index is -0.163. The van der Waals surface area contributed by atoms with Crippen molar-refractivity contribution in [3.63, 3.8) is 0 Å². The molecule has 1 fully saturated rings. The van der Waals surface area contributed by atoms with E-state index in [9.17, 15) is 0 Å². The van der Waals surface area contributed by atoms with Crippen LogP contribution in [0.25, 0.3) is 5.69 Å². The molecule has 0 spiro atoms. The molecule has 1 saturated carbocycles. The summed E-state index contributed by atoms with van der Waals surface area (Å²) in [6.45, 7) is 1.97. The molecule has 0 bridgehead atoms. The van der Waals surface area contributed by atoms with Crippen LogP contribution < -0.4 is 5.73 Å². The van der Waals surface area contributed by atoms with E-state index in [0.29, 0.717) is 0 Å². The molecule has 2 aromatic heterocycles. The molecule has 0 unspecified atom stereocenters. The quantitative estimate of drug-likeness (QED) is 0.824. The van der Waals surface area contributed by atoms with Crippen molar-refractivity contribution >= 4 is 0 Å². The molecule has 2 heterocycles. The average molecular weight is 214 g/mol. The van der Waals surface area contributed by atoms with Crippen molar-refractivity contribution in [3.8, 4) is 5.69 Å². The molecule has 82 valence electrons. The summed E-state index contributed by atoms with van der Waals surface area (Å²) in [5, 5.41) is 0. The molecule has 1 aliphatic carbocycles. The maximum atomic E-state index is 6.09. The topological polar surface area (TPSA) is 56.7 Å². The zero-order valence-corrected chi connectivity index (χ0v) is 9.22. The summed E-state index contributed by atoms with van der Waals surface area (Å²) >= 11 is 0. The number of nitrogens with two attached hydrogens (primary N) is 1. The Morgan fingerprint density at radius 2 is 2.12 bits per heavy atom. The second-order valence-corrected chi connectivity index (χ2v) is 4.48. The lowest BCUT2D eigenvalue weighted by Crippen LogP contribution is -2.18. The number of aryl methyl sites for hydroxylation is 1. The summed E-state index contributed by atoms with van der Waals surface area (Å²) in [6.07, 6.45) is 7.72. The van der Waals surface area contributed by atoms with E-state index < -0.39 is 0 Å². The fourth-order valence-electron chi connectivity index (χ4n) is 1.72. The van der Waals surface area contributed by atoms with Gasteiger partial charge < -0.3 is 10.3 Å². The highest BCUT2D eigenvalue weighted by Gasteiger charge is 2.42. The van der Waals surface area contributed by atoms with Crippen molar-refractivity contribution in [1.29, 1.82) is 0 Å². The van der Waals surface area contributed by atoms with E-state index in [2.05, 4.69) is 9.97 Å². The number of rotatable bonds is 2. The van der Waals surface area contributed by atoms with E-state index in [1.54, 1.807) is 6.33 Å². The average Bonchev–Trinajstić information content (AvgIpc) is 2.84. The summed E-state index contributed by atoms with van der Waals surface area (Å²) in [6, 6.07) is 4.02. The lowest BCUT2D eigenvalue weighted by Gasteiger charge is -2.03. The van der Waals surface area contributed by atoms with Gasteiger partial charge in [0.1, 0.15) is 0 Å². The Morgan fingerprint density at radius 3 is 2.75 bits per heavy atom. The molecule has 4 nitrogen and oxygen atoms in total. The SMILES string of the molecule is Cc1ccc(-n2cnc(C3(N)CC3)c2)cn1. The lowest BCUT2D eigenvalue weighted by molar-refractivity contribution is 0.713. The molecule has 0 atom stereocenters. The van der Waals surface area contributed by atoms with Gasteiger partial charge in [0, 0.05) is 11.9 Å². The fourth-order valence-corrected chi connectivity index (χ4v) is 1.72. The van der Waals surface area contributed by atoms with Gasteiger partial charge in [0.2, 0.25) is 0 Å². The Balaban J connectivity index is 1.95. The van der Waals surface area contributed by atoms with Crippen LogP contribution in [0.5, 0.6) is 0 Å². The molecule has 3 rings (SSSR count). The first-order valence-corrected chi connectivity index (χ1v) is 5.44. The van der Waals surface area contributed by atoms with Crippen molar-refractivity contribution in [1.82, 2.24) is 14.5 Å². The molecule has 2 N–H and O–H groups in total. The number of aromatic nitrogens is 3. The molecule has 4 heteroatoms. The van der Waals surface area contributed by atoms with Crippen molar-refractivity contribution in [3.05, 3.63) is 42.2 Å². The second-order valence-electron chi connectivity index (χ2n) is 4.48. The third-order valence-electron chi connectivity index (χ3n) is 3.08. The van der Waals surface area contributed by atoms with Crippen LogP contribution in [0.1, 0.15) is 24.2 Å². The fraction of sp³-hybridized carbons (Fsp3) is 0.333. The number of hydrogen-bond donors (Lipinski definition) is 1. The lowest BCUT2D eigenvalue weighted by atomic mass is 10.2. The standard InChI is InChI=1S/C12H14N4/c1-9-2-3-10(6-14-9)16-7-11(15-8-16)12(13)4-5-12/h2-3,6-8H,4-5,13H2,1H3. The summed E-state index contributed by atoms with van der Waals surface area (Å²) in [7, 11) is 0. The van der Waals surface area contributed by atoms with E-state index >= 15 is 0 Å². The van der Waals surface area contributed by atoms with Crippen LogP contribution >= 0.6 is 0 Å². The number of hydrogen-bond acceptors (Lipinski definition) is 3. The van der Waals surface area contributed by atoms with Crippen LogP contribution in [-0.2, 0) is 5.54 Å². The molecule has 0 aromatic carbocycles. The van der Waals surface area contributed by atoms with Crippen LogP contribution in [0.4, 0.5) is 0 Å². The van der Waals surface area contributed by atoms with Gasteiger partial charge in [0.15, 0.2) is 0 Å². The molecule has 0 saturated heterocycles. The van der Waals surface area contributed by atoms with Gasteiger partial charge in [-0.25, -0.2) is 4.98 Å². The van der Waals surface area contributed by atoms with E-state index in [0.717, 1.165) is 29.9 Å². The Labute approximate surface area is 94.1 Å². The highest BCUT2D eigenvalue weighted by Crippen LogP contribution is 2.41. The molecule has 16 heavy (non-hydrogen) atoms. The largest absolute Gasteiger partial charge is 0.320 e. The van der Waals surface area contributed by atoms with Crippen LogP contribution in [0, 0.1) is 6.92 Å². The van der Waals surface area contributed by atoms with E-state index in [4.69, 9.17) is 5.73 Å². The predicted octanol–water partition coefficient (Wildman–Crippen LogP) is 1.52. The molecule has 0 amide bonds. The Bertz CT molecular complexity index is 508. The highest BCUT2D eigenvalue weighted by atomic mass is 15.1. The van der Waals surface area contributed by atoms with Gasteiger partial charge in [-0.3, -0.25) is 4.98 Å². The van der Waals surface area contributed by atoms with Gasteiger partial charge in [0.05, 0.1) is 29.4 Å². The van der Waals surface area contributed by atoms with Gasteiger partial charge in [0.25, 0.3) is 0 Å². The zero-order chi connectivity index (χ0) is 11.2. The van der Waals surface area contributed by atoms with Gasteiger partial charge in [-0.15, -0.1) is 0 Å². The first-order chi connectivity index (χ1) is 7.67. The minimum absolute atomic E-state index is 0.163. The maximum absolute atomic E-state index is 6.09. The normalized spacial score (nSPS) is 17.4. The number of imidazole rings is 1. The molecular weight excluding hydrogens is 200 g/mol. The predicted molar refractivity (Wildman–Crippen MR) is 61.2 cm³/mol. The third-order valence-corrected chi connectivity index (χ3v) is 3.08. The Kier molecular flexibility index (Phi) is 1.88. The van der Waals surface area contributed by atoms with Crippen molar-refractivity contribution in [2.45, 2.75) is 25.3 Å². The molecular formula is C12H14N4. The smallest absolute Gasteiger partial charge is 0.0996 e. The molecule has 0 radical (unpaired) electrons. The molecule has 2 aromatic rings. The number of nitrogens with zero attached hydrogens (tertiary/aromatic N) is 3. The van der Waals surface area contributed by atoms with Crippen molar-refractivity contribution in [2.24, 2.45) is 5.73 Å². The van der Waals surface area contributed by atoms with Crippen LogP contribution in [0.15, 0.2) is 30.9 Å². The first-order valence-electron chi connectivity index (χ1n) is 5.44. The van der Waals surface area contributed by atoms with Crippen LogP contribution in [0.3, 0.4) is 0 Å². The monoisotopic (exact) mass is 214 g/mol. The summed E-state index contributed by atoms with van der Waals surface area (Å²) in [5.41, 5.74) is 8.95. The van der Waals surface area contributed by atoms with Gasteiger partial charge in [-0.2, -0.15) is 0 Å². The maximum Gasteiger partial charge on any atom is 0.0996 e. The molecule has 1 aliphatic rings.